The lowest BCUT2D eigenvalue weighted by Gasteiger charge is -2.12. The number of ether oxygens (including phenoxy) is 2. The lowest BCUT2D eigenvalue weighted by molar-refractivity contribution is 0.145. The number of hydrogen-bond acceptors (Lipinski definition) is 6. The number of hydrogen-bond donors (Lipinski definition) is 0. The first-order valence-electron chi connectivity index (χ1n) is 8.74. The fourth-order valence-corrected chi connectivity index (χ4v) is 3.27. The zero-order valence-electron chi connectivity index (χ0n) is 16.5. The van der Waals surface area contributed by atoms with Crippen LogP contribution in [0.3, 0.4) is 0 Å². The van der Waals surface area contributed by atoms with Gasteiger partial charge >= 0.3 is 5.16 Å². The number of pyridine rings is 1. The van der Waals surface area contributed by atoms with Gasteiger partial charge < -0.3 is 18.6 Å². The van der Waals surface area contributed by atoms with Crippen molar-refractivity contribution in [2.45, 2.75) is 18.1 Å². The van der Waals surface area contributed by atoms with Crippen molar-refractivity contribution in [3.63, 3.8) is 0 Å². The van der Waals surface area contributed by atoms with Crippen LogP contribution in [0.5, 0.6) is 11.5 Å². The van der Waals surface area contributed by atoms with Crippen LogP contribution in [0.2, 0.25) is 0 Å². The average molecular weight is 435 g/mol. The Kier molecular flexibility index (Phi) is 6.68. The average Bonchev–Trinajstić information content (AvgIpc) is 2.74. The van der Waals surface area contributed by atoms with Crippen LogP contribution < -0.4 is 15.0 Å². The van der Waals surface area contributed by atoms with Crippen LogP contribution in [0.25, 0.3) is 11.3 Å². The third-order valence-electron chi connectivity index (χ3n) is 4.29. The van der Waals surface area contributed by atoms with E-state index in [2.05, 4.69) is 9.97 Å². The Morgan fingerprint density at radius 2 is 1.83 bits per heavy atom. The fourth-order valence-electron chi connectivity index (χ4n) is 2.81. The summed E-state index contributed by atoms with van der Waals surface area (Å²) in [5.74, 6) is 1.08. The van der Waals surface area contributed by atoms with Crippen molar-refractivity contribution in [1.29, 1.82) is 0 Å². The van der Waals surface area contributed by atoms with Crippen molar-refractivity contribution in [2.75, 3.05) is 20.5 Å². The summed E-state index contributed by atoms with van der Waals surface area (Å²) < 4.78 is 50.1. The summed E-state index contributed by atoms with van der Waals surface area (Å²) in [5.41, 5.74) is 0.551. The Hall–Kier alpha value is -2.98. The quantitative estimate of drug-likeness (QED) is 0.419. The Labute approximate surface area is 174 Å². The zero-order valence-corrected chi connectivity index (χ0v) is 17.3. The number of methoxy groups -OCH3 is 2. The molecule has 0 amide bonds. The summed E-state index contributed by atoms with van der Waals surface area (Å²) in [5, 5.41) is -0.194. The van der Waals surface area contributed by atoms with Crippen molar-refractivity contribution < 1.29 is 22.8 Å². The van der Waals surface area contributed by atoms with Crippen molar-refractivity contribution in [3.8, 4) is 22.8 Å². The predicted molar refractivity (Wildman–Crippen MR) is 108 cm³/mol. The van der Waals surface area contributed by atoms with E-state index in [9.17, 15) is 18.1 Å². The van der Waals surface area contributed by atoms with Crippen molar-refractivity contribution in [2.24, 2.45) is 0 Å². The molecule has 7 nitrogen and oxygen atoms in total. The summed E-state index contributed by atoms with van der Waals surface area (Å²) in [6.07, 6.45) is -0.0163. The van der Waals surface area contributed by atoms with Crippen molar-refractivity contribution in [1.82, 2.24) is 14.5 Å². The maximum atomic E-state index is 13.2. The van der Waals surface area contributed by atoms with Crippen molar-refractivity contribution in [3.05, 3.63) is 64.2 Å². The van der Waals surface area contributed by atoms with E-state index in [1.165, 1.54) is 43.4 Å². The SMILES string of the molecule is COc1ccc(Cn2cc(-c3cc(C(F)F)nc([S+](C)[O-])n3)ccc2=O)cc1OC. The fraction of sp³-hybridized carbons (Fsp3) is 0.250. The monoisotopic (exact) mass is 435 g/mol. The number of rotatable bonds is 7. The number of nitrogens with zero attached hydrogens (tertiary/aromatic N) is 3. The van der Waals surface area contributed by atoms with Gasteiger partial charge in [-0.25, -0.2) is 8.78 Å². The molecule has 0 N–H and O–H groups in total. The van der Waals surface area contributed by atoms with Gasteiger partial charge in [0, 0.05) is 29.0 Å². The molecule has 0 bridgehead atoms. The topological polar surface area (TPSA) is 89.3 Å². The van der Waals surface area contributed by atoms with Gasteiger partial charge in [-0.15, -0.1) is 0 Å². The summed E-state index contributed by atoms with van der Waals surface area (Å²) in [6, 6.07) is 9.19. The van der Waals surface area contributed by atoms with Gasteiger partial charge in [-0.1, -0.05) is 6.07 Å². The van der Waals surface area contributed by atoms with Crippen LogP contribution >= 0.6 is 0 Å². The number of halogens is 2. The molecule has 0 aliphatic carbocycles. The minimum atomic E-state index is -2.84. The molecule has 0 fully saturated rings. The maximum absolute atomic E-state index is 13.2. The first-order valence-corrected chi connectivity index (χ1v) is 10.3. The van der Waals surface area contributed by atoms with Gasteiger partial charge in [0.15, 0.2) is 11.5 Å². The molecule has 3 aromatic rings. The lowest BCUT2D eigenvalue weighted by atomic mass is 10.1. The lowest BCUT2D eigenvalue weighted by Crippen LogP contribution is -2.19. The summed E-state index contributed by atoms with van der Waals surface area (Å²) in [7, 11) is 3.04. The van der Waals surface area contributed by atoms with Gasteiger partial charge in [-0.05, 0) is 29.8 Å². The first-order chi connectivity index (χ1) is 14.3. The van der Waals surface area contributed by atoms with Crippen molar-refractivity contribution >= 4 is 11.2 Å². The maximum Gasteiger partial charge on any atom is 0.343 e. The van der Waals surface area contributed by atoms with Gasteiger partial charge in [-0.2, -0.15) is 9.97 Å². The third kappa shape index (κ3) is 4.77. The highest BCUT2D eigenvalue weighted by molar-refractivity contribution is 7.90. The molecular formula is C20H19F2N3O4S. The molecule has 30 heavy (non-hydrogen) atoms. The van der Waals surface area contributed by atoms with Gasteiger partial charge in [0.05, 0.1) is 26.5 Å². The number of aromatic nitrogens is 3. The van der Waals surface area contributed by atoms with Crippen LogP contribution in [0.15, 0.2) is 52.5 Å². The van der Waals surface area contributed by atoms with Gasteiger partial charge in [0.2, 0.25) is 0 Å². The van der Waals surface area contributed by atoms with E-state index in [0.717, 1.165) is 11.6 Å². The zero-order chi connectivity index (χ0) is 21.8. The van der Waals surface area contributed by atoms with E-state index >= 15 is 0 Å². The Balaban J connectivity index is 2.01. The van der Waals surface area contributed by atoms with E-state index < -0.39 is 23.3 Å². The molecule has 0 aliphatic heterocycles. The van der Waals surface area contributed by atoms with Gasteiger partial charge in [0.25, 0.3) is 12.0 Å². The van der Waals surface area contributed by atoms with E-state index in [1.54, 1.807) is 18.2 Å². The molecule has 10 heteroatoms. The van der Waals surface area contributed by atoms with E-state index in [-0.39, 0.29) is 23.0 Å². The molecule has 2 aromatic heterocycles. The second-order valence-corrected chi connectivity index (χ2v) is 7.56. The molecule has 1 unspecified atom stereocenters. The van der Waals surface area contributed by atoms with E-state index in [0.29, 0.717) is 17.1 Å². The Morgan fingerprint density at radius 3 is 2.47 bits per heavy atom. The van der Waals surface area contributed by atoms with E-state index in [1.807, 2.05) is 0 Å². The summed E-state index contributed by atoms with van der Waals surface area (Å²) in [4.78, 5) is 20.1. The van der Waals surface area contributed by atoms with Crippen LogP contribution in [0.1, 0.15) is 17.7 Å². The highest BCUT2D eigenvalue weighted by Crippen LogP contribution is 2.28. The third-order valence-corrected chi connectivity index (χ3v) is 4.98. The minimum Gasteiger partial charge on any atom is -0.609 e. The van der Waals surface area contributed by atoms with Gasteiger partial charge in [0.1, 0.15) is 11.9 Å². The molecule has 3 rings (SSSR count). The van der Waals surface area contributed by atoms with Gasteiger partial charge in [-0.3, -0.25) is 4.79 Å². The second kappa shape index (κ2) is 9.23. The standard InChI is InChI=1S/C20H19F2N3O4S/c1-28-16-6-4-12(8-17(16)29-2)10-25-11-13(5-7-18(25)26)14-9-15(19(21)22)24-20(23-14)30(3)27/h4-9,11,19H,10H2,1-3H3. The molecular weight excluding hydrogens is 416 g/mol. The molecule has 0 spiro atoms. The number of benzene rings is 1. The summed E-state index contributed by atoms with van der Waals surface area (Å²) >= 11 is -1.64. The molecule has 0 aliphatic rings. The number of alkyl halides is 2. The molecule has 0 radical (unpaired) electrons. The minimum absolute atomic E-state index is 0.159. The van der Waals surface area contributed by atoms with Crippen LogP contribution in [0, 0.1) is 0 Å². The molecule has 2 heterocycles. The largest absolute Gasteiger partial charge is 0.609 e. The highest BCUT2D eigenvalue weighted by Gasteiger charge is 2.19. The molecule has 1 aromatic carbocycles. The normalized spacial score (nSPS) is 12.1. The van der Waals surface area contributed by atoms with E-state index in [4.69, 9.17) is 9.47 Å². The second-order valence-electron chi connectivity index (χ2n) is 6.29. The molecule has 0 saturated heterocycles. The van der Waals surface area contributed by atoms with Crippen LogP contribution in [-0.2, 0) is 17.7 Å². The Morgan fingerprint density at radius 1 is 1.10 bits per heavy atom. The molecule has 0 saturated carbocycles. The summed E-state index contributed by atoms with van der Waals surface area (Å²) in [6.45, 7) is 0.215. The first kappa shape index (κ1) is 21.7. The van der Waals surface area contributed by atoms with Crippen LogP contribution in [-0.4, -0.2) is 39.6 Å². The molecule has 158 valence electrons. The smallest absolute Gasteiger partial charge is 0.343 e. The molecule has 1 atom stereocenters. The predicted octanol–water partition coefficient (Wildman–Crippen LogP) is 3.05. The van der Waals surface area contributed by atoms with Crippen LogP contribution in [0.4, 0.5) is 8.78 Å². The Bertz CT molecular complexity index is 1080. The highest BCUT2D eigenvalue weighted by atomic mass is 32.2.